The van der Waals surface area contributed by atoms with Crippen LogP contribution in [0.5, 0.6) is 0 Å². The van der Waals surface area contributed by atoms with Gasteiger partial charge in [0, 0.05) is 17.0 Å². The molecule has 0 aliphatic heterocycles. The van der Waals surface area contributed by atoms with E-state index in [2.05, 4.69) is 5.32 Å². The standard InChI is InChI=1S/C22H23NO5S/c1-12(2)20(23-21(25)18-6-5-7-29-18)22(26)27-11-15-10-19(24)28-17-9-14(4)13(3)8-16(15)17/h5-10,12,20H,11H2,1-4H3,(H,23,25)/t20-/m1/s1. The molecule has 0 bridgehead atoms. The summed E-state index contributed by atoms with van der Waals surface area (Å²) in [6, 6.07) is 7.73. The summed E-state index contributed by atoms with van der Waals surface area (Å²) in [5.74, 6) is -1.02. The number of rotatable bonds is 6. The molecule has 0 radical (unpaired) electrons. The molecule has 152 valence electrons. The van der Waals surface area contributed by atoms with Gasteiger partial charge in [-0.15, -0.1) is 11.3 Å². The molecule has 0 saturated heterocycles. The molecule has 0 aliphatic carbocycles. The number of hydrogen-bond acceptors (Lipinski definition) is 6. The third-order valence-electron chi connectivity index (χ3n) is 4.77. The first kappa shape index (κ1) is 20.8. The van der Waals surface area contributed by atoms with Gasteiger partial charge in [0.25, 0.3) is 5.91 Å². The highest BCUT2D eigenvalue weighted by molar-refractivity contribution is 7.12. The Hall–Kier alpha value is -2.93. The van der Waals surface area contributed by atoms with E-state index in [9.17, 15) is 14.4 Å². The van der Waals surface area contributed by atoms with Crippen LogP contribution in [0.25, 0.3) is 11.0 Å². The molecule has 0 fully saturated rings. The van der Waals surface area contributed by atoms with Gasteiger partial charge in [-0.3, -0.25) is 4.79 Å². The predicted octanol–water partition coefficient (Wildman–Crippen LogP) is 3.97. The molecule has 0 saturated carbocycles. The molecule has 2 heterocycles. The van der Waals surface area contributed by atoms with Crippen LogP contribution in [0.4, 0.5) is 0 Å². The Morgan fingerprint density at radius 2 is 1.90 bits per heavy atom. The van der Waals surface area contributed by atoms with Crippen molar-refractivity contribution in [3.05, 3.63) is 67.7 Å². The van der Waals surface area contributed by atoms with Gasteiger partial charge in [0.15, 0.2) is 0 Å². The van der Waals surface area contributed by atoms with E-state index >= 15 is 0 Å². The van der Waals surface area contributed by atoms with Crippen molar-refractivity contribution in [2.75, 3.05) is 0 Å². The zero-order valence-corrected chi connectivity index (χ0v) is 17.6. The Kier molecular flexibility index (Phi) is 6.17. The highest BCUT2D eigenvalue weighted by Gasteiger charge is 2.26. The maximum absolute atomic E-state index is 12.7. The second kappa shape index (κ2) is 8.61. The number of esters is 1. The minimum Gasteiger partial charge on any atom is -0.459 e. The molecule has 1 atom stereocenters. The van der Waals surface area contributed by atoms with Crippen LogP contribution in [-0.4, -0.2) is 17.9 Å². The summed E-state index contributed by atoms with van der Waals surface area (Å²) in [7, 11) is 0. The first-order chi connectivity index (χ1) is 13.8. The first-order valence-electron chi connectivity index (χ1n) is 9.31. The fraction of sp³-hybridized carbons (Fsp3) is 0.318. The molecule has 1 amide bonds. The summed E-state index contributed by atoms with van der Waals surface area (Å²) >= 11 is 1.30. The van der Waals surface area contributed by atoms with Gasteiger partial charge in [-0.1, -0.05) is 19.9 Å². The fourth-order valence-electron chi connectivity index (χ4n) is 2.96. The van der Waals surface area contributed by atoms with Crippen LogP contribution in [0.15, 0.2) is 44.9 Å². The molecule has 29 heavy (non-hydrogen) atoms. The van der Waals surface area contributed by atoms with Gasteiger partial charge < -0.3 is 14.5 Å². The van der Waals surface area contributed by atoms with E-state index in [1.165, 1.54) is 17.4 Å². The molecule has 3 rings (SSSR count). The molecule has 0 unspecified atom stereocenters. The smallest absolute Gasteiger partial charge is 0.336 e. The Morgan fingerprint density at radius 3 is 2.55 bits per heavy atom. The molecule has 3 aromatic rings. The minimum absolute atomic E-state index is 0.0818. The van der Waals surface area contributed by atoms with Gasteiger partial charge in [0.1, 0.15) is 18.2 Å². The lowest BCUT2D eigenvalue weighted by molar-refractivity contribution is -0.148. The monoisotopic (exact) mass is 413 g/mol. The van der Waals surface area contributed by atoms with Crippen molar-refractivity contribution in [3.8, 4) is 0 Å². The average Bonchev–Trinajstić information content (AvgIpc) is 3.19. The zero-order chi connectivity index (χ0) is 21.1. The average molecular weight is 413 g/mol. The Balaban J connectivity index is 1.78. The summed E-state index contributed by atoms with van der Waals surface area (Å²) < 4.78 is 10.7. The van der Waals surface area contributed by atoms with Crippen molar-refractivity contribution in [1.82, 2.24) is 5.32 Å². The van der Waals surface area contributed by atoms with Crippen LogP contribution >= 0.6 is 11.3 Å². The van der Waals surface area contributed by atoms with Crippen LogP contribution in [0.3, 0.4) is 0 Å². The number of thiophene rings is 1. The van der Waals surface area contributed by atoms with Crippen molar-refractivity contribution in [3.63, 3.8) is 0 Å². The molecule has 0 spiro atoms. The number of amides is 1. The molecule has 0 aliphatic rings. The van der Waals surface area contributed by atoms with E-state index in [-0.39, 0.29) is 18.4 Å². The third kappa shape index (κ3) is 4.74. The summed E-state index contributed by atoms with van der Waals surface area (Å²) in [5.41, 5.74) is 2.57. The Morgan fingerprint density at radius 1 is 1.17 bits per heavy atom. The Labute approximate surface area is 172 Å². The minimum atomic E-state index is -0.792. The quantitative estimate of drug-likeness (QED) is 0.488. The number of ether oxygens (including phenoxy) is 1. The number of carbonyl (C=O) groups is 2. The lowest BCUT2D eigenvalue weighted by atomic mass is 10.0. The number of hydrogen-bond donors (Lipinski definition) is 1. The largest absolute Gasteiger partial charge is 0.459 e. The zero-order valence-electron chi connectivity index (χ0n) is 16.8. The molecule has 7 heteroatoms. The van der Waals surface area contributed by atoms with Gasteiger partial charge in [-0.2, -0.15) is 0 Å². The van der Waals surface area contributed by atoms with Gasteiger partial charge in [-0.05, 0) is 54.5 Å². The first-order valence-corrected chi connectivity index (χ1v) is 10.2. The van der Waals surface area contributed by atoms with Crippen LogP contribution < -0.4 is 10.9 Å². The van der Waals surface area contributed by atoms with E-state index in [0.717, 1.165) is 16.5 Å². The lowest BCUT2D eigenvalue weighted by Crippen LogP contribution is -2.45. The van der Waals surface area contributed by atoms with Crippen LogP contribution in [0.1, 0.15) is 40.2 Å². The van der Waals surface area contributed by atoms with E-state index in [1.54, 1.807) is 23.6 Å². The number of benzene rings is 1. The second-order valence-corrected chi connectivity index (χ2v) is 8.25. The molecule has 1 aromatic carbocycles. The van der Waals surface area contributed by atoms with Crippen molar-refractivity contribution in [2.45, 2.75) is 40.3 Å². The number of aryl methyl sites for hydroxylation is 2. The van der Waals surface area contributed by atoms with Gasteiger partial charge in [0.05, 0.1) is 4.88 Å². The molecular formula is C22H23NO5S. The third-order valence-corrected chi connectivity index (χ3v) is 5.64. The summed E-state index contributed by atoms with van der Waals surface area (Å²) in [6.45, 7) is 7.48. The van der Waals surface area contributed by atoms with E-state index in [4.69, 9.17) is 9.15 Å². The van der Waals surface area contributed by atoms with E-state index < -0.39 is 17.6 Å². The Bertz CT molecular complexity index is 1100. The molecule has 2 aromatic heterocycles. The second-order valence-electron chi connectivity index (χ2n) is 7.30. The van der Waals surface area contributed by atoms with Gasteiger partial charge >= 0.3 is 11.6 Å². The number of fused-ring (bicyclic) bond motifs is 1. The molecule has 6 nitrogen and oxygen atoms in total. The van der Waals surface area contributed by atoms with Gasteiger partial charge in [0.2, 0.25) is 0 Å². The van der Waals surface area contributed by atoms with Gasteiger partial charge in [-0.25, -0.2) is 9.59 Å². The maximum Gasteiger partial charge on any atom is 0.336 e. The van der Waals surface area contributed by atoms with Crippen molar-refractivity contribution < 1.29 is 18.7 Å². The van der Waals surface area contributed by atoms with Crippen LogP contribution in [0, 0.1) is 19.8 Å². The van der Waals surface area contributed by atoms with Crippen LogP contribution in [0.2, 0.25) is 0 Å². The topological polar surface area (TPSA) is 85.6 Å². The fourth-order valence-corrected chi connectivity index (χ4v) is 3.59. The molecule has 1 N–H and O–H groups in total. The summed E-state index contributed by atoms with van der Waals surface area (Å²) in [4.78, 5) is 37.4. The maximum atomic E-state index is 12.7. The number of carbonyl (C=O) groups excluding carboxylic acids is 2. The van der Waals surface area contributed by atoms with Crippen molar-refractivity contribution in [1.29, 1.82) is 0 Å². The highest BCUT2D eigenvalue weighted by Crippen LogP contribution is 2.22. The van der Waals surface area contributed by atoms with Crippen molar-refractivity contribution >= 4 is 34.2 Å². The lowest BCUT2D eigenvalue weighted by Gasteiger charge is -2.20. The predicted molar refractivity (Wildman–Crippen MR) is 112 cm³/mol. The molecular weight excluding hydrogens is 390 g/mol. The normalized spacial score (nSPS) is 12.2. The van der Waals surface area contributed by atoms with Crippen LogP contribution in [-0.2, 0) is 16.1 Å². The highest BCUT2D eigenvalue weighted by atomic mass is 32.1. The van der Waals surface area contributed by atoms with E-state index in [1.807, 2.05) is 33.8 Å². The van der Waals surface area contributed by atoms with Crippen molar-refractivity contribution in [2.24, 2.45) is 5.92 Å². The SMILES string of the molecule is Cc1cc2oc(=O)cc(COC(=O)[C@H](NC(=O)c3cccs3)C(C)C)c2cc1C. The summed E-state index contributed by atoms with van der Waals surface area (Å²) in [6.07, 6.45) is 0. The summed E-state index contributed by atoms with van der Waals surface area (Å²) in [5, 5.41) is 5.26. The van der Waals surface area contributed by atoms with E-state index in [0.29, 0.717) is 16.0 Å². The number of nitrogens with one attached hydrogen (secondary N) is 1.